The molecule has 2 saturated heterocycles. The van der Waals surface area contributed by atoms with E-state index in [9.17, 15) is 24.5 Å². The number of benzene rings is 1. The number of pyridine rings is 1. The fraction of sp³-hybridized carbons (Fsp3) is 0.419. The van der Waals surface area contributed by atoms with Gasteiger partial charge in [-0.1, -0.05) is 25.5 Å². The van der Waals surface area contributed by atoms with Gasteiger partial charge < -0.3 is 24.3 Å². The van der Waals surface area contributed by atoms with E-state index >= 15 is 0 Å². The number of methoxy groups -OCH3 is 2. The molecule has 2 aliphatic heterocycles. The normalized spacial score (nSPS) is 23.9. The zero-order valence-electron chi connectivity index (χ0n) is 24.5. The Balaban J connectivity index is 1.51. The van der Waals surface area contributed by atoms with Crippen LogP contribution in [0.2, 0.25) is 6.32 Å². The molecule has 2 aromatic rings. The number of allylic oxidation sites excluding steroid dienone is 2. The van der Waals surface area contributed by atoms with E-state index < -0.39 is 48.9 Å². The average Bonchev–Trinajstić information content (AvgIpc) is 3.25. The first-order valence-electron chi connectivity index (χ1n) is 14.3. The van der Waals surface area contributed by atoms with Crippen LogP contribution in [-0.4, -0.2) is 65.4 Å². The number of phenols is 1. The molecule has 3 aliphatic rings. The number of ether oxygens (including phenoxy) is 2. The molecule has 0 spiro atoms. The molecule has 3 heterocycles. The maximum absolute atomic E-state index is 13.5. The van der Waals surface area contributed by atoms with Crippen molar-refractivity contribution in [2.24, 2.45) is 23.7 Å². The number of aromatic hydroxyl groups is 1. The second-order valence-corrected chi connectivity index (χ2v) is 12.5. The lowest BCUT2D eigenvalue weighted by molar-refractivity contribution is -0.137. The fourth-order valence-corrected chi connectivity index (χ4v) is 7.29. The molecule has 226 valence electrons. The second-order valence-electron chi connectivity index (χ2n) is 11.4. The average molecular weight is 700 g/mol. The molecule has 1 aliphatic carbocycles. The summed E-state index contributed by atoms with van der Waals surface area (Å²) in [6.45, 7) is 4.08. The summed E-state index contributed by atoms with van der Waals surface area (Å²) in [5, 5.41) is 21.2. The SMILES string of the molecule is COC(=O)N1C(=O)[C@@H]2[C@@H](CC(C(C)C)=C3[C@@H](CC/C(=C/c4cc(I)c(O)c(OC)c4)c4ccccn4)OB(O)C[C@@H]32)C1=O. The van der Waals surface area contributed by atoms with Crippen molar-refractivity contribution in [3.05, 3.63) is 62.5 Å². The Morgan fingerprint density at radius 2 is 2.00 bits per heavy atom. The number of carbonyl (C=O) groups excluding carboxylic acids is 3. The van der Waals surface area contributed by atoms with Gasteiger partial charge in [0.05, 0.1) is 41.4 Å². The summed E-state index contributed by atoms with van der Waals surface area (Å²) in [5.74, 6) is -2.51. The molecule has 5 rings (SSSR count). The fourth-order valence-electron chi connectivity index (χ4n) is 6.67. The number of imide groups is 3. The monoisotopic (exact) mass is 700 g/mol. The van der Waals surface area contributed by atoms with Crippen molar-refractivity contribution in [3.63, 3.8) is 0 Å². The summed E-state index contributed by atoms with van der Waals surface area (Å²) < 4.78 is 16.9. The van der Waals surface area contributed by atoms with E-state index in [1.54, 1.807) is 12.3 Å². The predicted molar refractivity (Wildman–Crippen MR) is 168 cm³/mol. The molecule has 4 atom stereocenters. The molecule has 0 bridgehead atoms. The third kappa shape index (κ3) is 5.96. The minimum Gasteiger partial charge on any atom is -0.504 e. The molecule has 1 aromatic carbocycles. The maximum Gasteiger partial charge on any atom is 0.455 e. The number of halogens is 1. The Kier molecular flexibility index (Phi) is 9.28. The van der Waals surface area contributed by atoms with Crippen LogP contribution in [0, 0.1) is 27.2 Å². The van der Waals surface area contributed by atoms with E-state index in [-0.39, 0.29) is 18.0 Å². The predicted octanol–water partition coefficient (Wildman–Crippen LogP) is 4.94. The van der Waals surface area contributed by atoms with Gasteiger partial charge in [-0.15, -0.1) is 0 Å². The first-order chi connectivity index (χ1) is 20.5. The molecule has 10 nitrogen and oxygen atoms in total. The highest BCUT2D eigenvalue weighted by Crippen LogP contribution is 2.52. The number of amides is 3. The minimum absolute atomic E-state index is 0.0622. The highest BCUT2D eigenvalue weighted by Gasteiger charge is 2.59. The largest absolute Gasteiger partial charge is 0.504 e. The smallest absolute Gasteiger partial charge is 0.455 e. The summed E-state index contributed by atoms with van der Waals surface area (Å²) >= 11 is 2.06. The van der Waals surface area contributed by atoms with Gasteiger partial charge in [0.15, 0.2) is 11.5 Å². The number of fused-ring (bicyclic) bond motifs is 3. The highest BCUT2D eigenvalue weighted by molar-refractivity contribution is 14.1. The van der Waals surface area contributed by atoms with E-state index in [2.05, 4.69) is 27.6 Å². The molecule has 2 fully saturated rings. The summed E-state index contributed by atoms with van der Waals surface area (Å²) in [5.41, 5.74) is 4.47. The Morgan fingerprint density at radius 3 is 2.65 bits per heavy atom. The molecule has 1 aromatic heterocycles. The van der Waals surface area contributed by atoms with Crippen molar-refractivity contribution in [1.82, 2.24) is 9.88 Å². The van der Waals surface area contributed by atoms with Gasteiger partial charge in [0.1, 0.15) is 0 Å². The van der Waals surface area contributed by atoms with Crippen LogP contribution in [0.4, 0.5) is 4.79 Å². The van der Waals surface area contributed by atoms with E-state index in [1.165, 1.54) is 7.11 Å². The molecule has 0 radical (unpaired) electrons. The van der Waals surface area contributed by atoms with Gasteiger partial charge in [-0.3, -0.25) is 14.6 Å². The summed E-state index contributed by atoms with van der Waals surface area (Å²) in [6, 6.07) is 9.28. The van der Waals surface area contributed by atoms with Gasteiger partial charge in [0.2, 0.25) is 11.8 Å². The van der Waals surface area contributed by atoms with Crippen LogP contribution in [0.25, 0.3) is 11.6 Å². The van der Waals surface area contributed by atoms with Crippen LogP contribution in [0.5, 0.6) is 11.5 Å². The molecule has 3 amide bonds. The number of phenolic OH excluding ortho intramolecular Hbond substituents is 1. The van der Waals surface area contributed by atoms with Crippen molar-refractivity contribution in [2.75, 3.05) is 14.2 Å². The maximum atomic E-state index is 13.5. The molecule has 0 unspecified atom stereocenters. The number of aromatic nitrogens is 1. The van der Waals surface area contributed by atoms with Crippen LogP contribution >= 0.6 is 22.6 Å². The number of likely N-dealkylation sites (tertiary alicyclic amines) is 1. The summed E-state index contributed by atoms with van der Waals surface area (Å²) in [6.07, 6.45) is 3.72. The van der Waals surface area contributed by atoms with E-state index in [1.807, 2.05) is 44.2 Å². The van der Waals surface area contributed by atoms with Crippen LogP contribution in [0.3, 0.4) is 0 Å². The number of carbonyl (C=O) groups is 3. The number of nitrogens with zero attached hydrogens (tertiary/aromatic N) is 2. The zero-order chi connectivity index (χ0) is 31.0. The van der Waals surface area contributed by atoms with Crippen LogP contribution in [0.15, 0.2) is 47.7 Å². The third-order valence-corrected chi connectivity index (χ3v) is 9.40. The Labute approximate surface area is 264 Å². The Hall–Kier alpha value is -3.23. The van der Waals surface area contributed by atoms with Crippen molar-refractivity contribution < 1.29 is 38.6 Å². The van der Waals surface area contributed by atoms with Gasteiger partial charge in [0.25, 0.3) is 0 Å². The summed E-state index contributed by atoms with van der Waals surface area (Å²) in [7, 11) is 1.51. The van der Waals surface area contributed by atoms with Gasteiger partial charge >= 0.3 is 13.2 Å². The lowest BCUT2D eigenvalue weighted by Gasteiger charge is -2.44. The third-order valence-electron chi connectivity index (χ3n) is 8.58. The standard InChI is InChI=1S/C31H34BIN2O8/c1-16(2)19-14-20-27(30(38)35(29(20)37)31(39)42-4)21-15-32(40)43-24(26(19)21)9-8-18(23-7-5-6-10-34-23)11-17-12-22(33)28(36)25(13-17)41-3/h5-7,10-13,16,20-21,24,27,36,40H,8-9,14-15H2,1-4H3/b18-11-/t20-,21+,24-,27-/m1/s1. The molecular weight excluding hydrogens is 666 g/mol. The first kappa shape index (κ1) is 31.2. The van der Waals surface area contributed by atoms with Crippen molar-refractivity contribution >= 4 is 59.3 Å². The number of hydrogen-bond donors (Lipinski definition) is 2. The molecular formula is C31H34BIN2O8. The van der Waals surface area contributed by atoms with Crippen molar-refractivity contribution in [2.45, 2.75) is 45.5 Å². The number of hydrogen-bond acceptors (Lipinski definition) is 9. The molecule has 0 saturated carbocycles. The van der Waals surface area contributed by atoms with E-state index in [0.29, 0.717) is 33.5 Å². The van der Waals surface area contributed by atoms with Gasteiger partial charge in [-0.25, -0.2) is 4.79 Å². The summed E-state index contributed by atoms with van der Waals surface area (Å²) in [4.78, 5) is 44.3. The Morgan fingerprint density at radius 1 is 1.23 bits per heavy atom. The van der Waals surface area contributed by atoms with Gasteiger partial charge in [-0.05, 0) is 107 Å². The minimum atomic E-state index is -1.13. The highest BCUT2D eigenvalue weighted by atomic mass is 127. The van der Waals surface area contributed by atoms with E-state index in [4.69, 9.17) is 14.1 Å². The first-order valence-corrected chi connectivity index (χ1v) is 15.3. The van der Waals surface area contributed by atoms with Crippen LogP contribution in [-0.2, 0) is 19.0 Å². The Bertz CT molecular complexity index is 1490. The quantitative estimate of drug-likeness (QED) is 0.178. The lowest BCUT2D eigenvalue weighted by Crippen LogP contribution is -2.46. The second kappa shape index (κ2) is 12.8. The molecule has 43 heavy (non-hydrogen) atoms. The van der Waals surface area contributed by atoms with E-state index in [0.717, 1.165) is 35.1 Å². The van der Waals surface area contributed by atoms with Crippen LogP contribution in [0.1, 0.15) is 44.4 Å². The van der Waals surface area contributed by atoms with Gasteiger partial charge in [0, 0.05) is 6.20 Å². The van der Waals surface area contributed by atoms with Crippen LogP contribution < -0.4 is 4.74 Å². The molecule has 12 heteroatoms. The van der Waals surface area contributed by atoms with Crippen molar-refractivity contribution in [1.29, 1.82) is 0 Å². The van der Waals surface area contributed by atoms with Crippen molar-refractivity contribution in [3.8, 4) is 11.5 Å². The topological polar surface area (TPSA) is 135 Å². The lowest BCUT2D eigenvalue weighted by atomic mass is 9.57. The zero-order valence-corrected chi connectivity index (χ0v) is 26.6. The molecule has 2 N–H and O–H groups in total. The van der Waals surface area contributed by atoms with Gasteiger partial charge in [-0.2, -0.15) is 4.90 Å². The number of rotatable bonds is 7.